The molecule has 0 spiro atoms. The molecule has 106 valence electrons. The van der Waals surface area contributed by atoms with Crippen molar-refractivity contribution < 1.29 is 9.21 Å². The fourth-order valence-electron chi connectivity index (χ4n) is 1.87. The summed E-state index contributed by atoms with van der Waals surface area (Å²) >= 11 is 0. The van der Waals surface area contributed by atoms with Crippen molar-refractivity contribution in [2.75, 3.05) is 17.2 Å². The maximum absolute atomic E-state index is 12.1. The summed E-state index contributed by atoms with van der Waals surface area (Å²) in [6, 6.07) is 5.89. The van der Waals surface area contributed by atoms with Gasteiger partial charge in [-0.1, -0.05) is 6.92 Å². The van der Waals surface area contributed by atoms with Gasteiger partial charge in [-0.2, -0.15) is 4.98 Å². The molecule has 5 heteroatoms. The predicted molar refractivity (Wildman–Crippen MR) is 79.2 cm³/mol. The maximum Gasteiger partial charge on any atom is 0.301 e. The number of oxazole rings is 1. The van der Waals surface area contributed by atoms with Gasteiger partial charge in [0.15, 0.2) is 0 Å². The molecule has 5 nitrogen and oxygen atoms in total. The highest BCUT2D eigenvalue weighted by molar-refractivity contribution is 6.04. The second kappa shape index (κ2) is 6.23. The summed E-state index contributed by atoms with van der Waals surface area (Å²) in [5.41, 5.74) is 3.28. The molecule has 1 heterocycles. The number of hydrogen-bond donors (Lipinski definition) is 2. The molecular formula is C15H19N3O2. The van der Waals surface area contributed by atoms with Gasteiger partial charge in [0.05, 0.1) is 5.69 Å². The smallest absolute Gasteiger partial charge is 0.301 e. The fourth-order valence-corrected chi connectivity index (χ4v) is 1.87. The van der Waals surface area contributed by atoms with Gasteiger partial charge in [-0.3, -0.25) is 10.1 Å². The number of amides is 1. The van der Waals surface area contributed by atoms with Crippen molar-refractivity contribution in [3.05, 3.63) is 41.3 Å². The van der Waals surface area contributed by atoms with Crippen LogP contribution in [0.3, 0.4) is 0 Å². The van der Waals surface area contributed by atoms with Crippen LogP contribution in [0.1, 0.15) is 35.0 Å². The zero-order chi connectivity index (χ0) is 14.5. The van der Waals surface area contributed by atoms with Crippen molar-refractivity contribution >= 4 is 17.6 Å². The number of benzene rings is 1. The third-order valence-electron chi connectivity index (χ3n) is 2.89. The molecule has 0 radical (unpaired) electrons. The molecule has 2 rings (SSSR count). The number of aromatic nitrogens is 1. The summed E-state index contributed by atoms with van der Waals surface area (Å²) < 4.78 is 5.12. The number of carbonyl (C=O) groups excluding carboxylic acids is 1. The van der Waals surface area contributed by atoms with Crippen LogP contribution in [0, 0.1) is 13.8 Å². The number of rotatable bonds is 5. The van der Waals surface area contributed by atoms with E-state index >= 15 is 0 Å². The molecule has 0 saturated heterocycles. The summed E-state index contributed by atoms with van der Waals surface area (Å²) in [5.74, 6) is -0.216. The largest absolute Gasteiger partial charge is 0.432 e. The Balaban J connectivity index is 2.09. The first kappa shape index (κ1) is 14.1. The van der Waals surface area contributed by atoms with E-state index in [0.29, 0.717) is 5.56 Å². The molecule has 0 saturated carbocycles. The highest BCUT2D eigenvalue weighted by Crippen LogP contribution is 2.17. The van der Waals surface area contributed by atoms with Crippen LogP contribution < -0.4 is 10.6 Å². The number of carbonyl (C=O) groups is 1. The van der Waals surface area contributed by atoms with Crippen molar-refractivity contribution in [1.29, 1.82) is 0 Å². The molecule has 2 N–H and O–H groups in total. The third-order valence-corrected chi connectivity index (χ3v) is 2.89. The van der Waals surface area contributed by atoms with Crippen LogP contribution in [-0.4, -0.2) is 17.4 Å². The third kappa shape index (κ3) is 3.38. The number of anilines is 2. The Bertz CT molecular complexity index is 605. The van der Waals surface area contributed by atoms with E-state index in [-0.39, 0.29) is 11.9 Å². The topological polar surface area (TPSA) is 67.2 Å². The lowest BCUT2D eigenvalue weighted by Gasteiger charge is -2.09. The Kier molecular flexibility index (Phi) is 4.40. The van der Waals surface area contributed by atoms with Crippen molar-refractivity contribution in [1.82, 2.24) is 4.98 Å². The van der Waals surface area contributed by atoms with E-state index in [4.69, 9.17) is 4.42 Å². The van der Waals surface area contributed by atoms with Crippen molar-refractivity contribution in [2.24, 2.45) is 0 Å². The van der Waals surface area contributed by atoms with E-state index in [2.05, 4.69) is 22.5 Å². The van der Waals surface area contributed by atoms with Crippen LogP contribution in [0.2, 0.25) is 0 Å². The first-order chi connectivity index (χ1) is 9.60. The summed E-state index contributed by atoms with van der Waals surface area (Å²) in [7, 11) is 0. The van der Waals surface area contributed by atoms with Gasteiger partial charge in [-0.25, -0.2) is 0 Å². The Morgan fingerprint density at radius 1 is 1.35 bits per heavy atom. The van der Waals surface area contributed by atoms with Crippen LogP contribution in [-0.2, 0) is 0 Å². The van der Waals surface area contributed by atoms with Crippen LogP contribution in [0.25, 0.3) is 0 Å². The average Bonchev–Trinajstić information content (AvgIpc) is 2.81. The SMILES string of the molecule is CCCNc1ccc(C(=O)Nc2nc(C)co2)c(C)c1. The van der Waals surface area contributed by atoms with Gasteiger partial charge in [-0.05, 0) is 44.0 Å². The van der Waals surface area contributed by atoms with Crippen LogP contribution in [0.5, 0.6) is 0 Å². The highest BCUT2D eigenvalue weighted by atomic mass is 16.4. The predicted octanol–water partition coefficient (Wildman–Crippen LogP) is 3.37. The molecule has 0 unspecified atom stereocenters. The first-order valence-corrected chi connectivity index (χ1v) is 6.68. The van der Waals surface area contributed by atoms with Crippen molar-refractivity contribution in [3.63, 3.8) is 0 Å². The Morgan fingerprint density at radius 3 is 2.75 bits per heavy atom. The second-order valence-corrected chi connectivity index (χ2v) is 4.70. The normalized spacial score (nSPS) is 10.3. The highest BCUT2D eigenvalue weighted by Gasteiger charge is 2.12. The number of nitrogens with zero attached hydrogens (tertiary/aromatic N) is 1. The zero-order valence-electron chi connectivity index (χ0n) is 12.0. The monoisotopic (exact) mass is 273 g/mol. The standard InChI is InChI=1S/C15H19N3O2/c1-4-7-16-12-5-6-13(10(2)8-12)14(19)18-15-17-11(3)9-20-15/h5-6,8-9,16H,4,7H2,1-3H3,(H,17,18,19). The molecule has 0 aliphatic rings. The van der Waals surface area contributed by atoms with Crippen LogP contribution >= 0.6 is 0 Å². The lowest BCUT2D eigenvalue weighted by molar-refractivity contribution is 0.102. The Labute approximate surface area is 118 Å². The molecular weight excluding hydrogens is 254 g/mol. The van der Waals surface area contributed by atoms with Gasteiger partial charge in [0.1, 0.15) is 6.26 Å². The molecule has 0 aliphatic heterocycles. The van der Waals surface area contributed by atoms with Gasteiger partial charge in [0.2, 0.25) is 0 Å². The van der Waals surface area contributed by atoms with E-state index in [1.807, 2.05) is 19.1 Å². The van der Waals surface area contributed by atoms with E-state index in [9.17, 15) is 4.79 Å². The molecule has 1 amide bonds. The minimum atomic E-state index is -0.216. The van der Waals surface area contributed by atoms with Gasteiger partial charge in [-0.15, -0.1) is 0 Å². The maximum atomic E-state index is 12.1. The lowest BCUT2D eigenvalue weighted by atomic mass is 10.1. The van der Waals surface area contributed by atoms with E-state index in [1.54, 1.807) is 13.0 Å². The van der Waals surface area contributed by atoms with E-state index in [0.717, 1.165) is 29.9 Å². The first-order valence-electron chi connectivity index (χ1n) is 6.68. The zero-order valence-corrected chi connectivity index (χ0v) is 12.0. The molecule has 20 heavy (non-hydrogen) atoms. The summed E-state index contributed by atoms with van der Waals surface area (Å²) in [4.78, 5) is 16.2. The van der Waals surface area contributed by atoms with Gasteiger partial charge >= 0.3 is 6.01 Å². The number of nitrogens with one attached hydrogen (secondary N) is 2. The van der Waals surface area contributed by atoms with Crippen LogP contribution in [0.15, 0.2) is 28.9 Å². The molecule has 0 aliphatic carbocycles. The van der Waals surface area contributed by atoms with Gasteiger partial charge in [0, 0.05) is 17.8 Å². The quantitative estimate of drug-likeness (QED) is 0.876. The minimum absolute atomic E-state index is 0.216. The summed E-state index contributed by atoms with van der Waals surface area (Å²) in [6.07, 6.45) is 2.56. The molecule has 2 aromatic rings. The van der Waals surface area contributed by atoms with Gasteiger partial charge < -0.3 is 9.73 Å². The lowest BCUT2D eigenvalue weighted by Crippen LogP contribution is -2.14. The summed E-state index contributed by atoms with van der Waals surface area (Å²) in [6.45, 7) is 6.74. The summed E-state index contributed by atoms with van der Waals surface area (Å²) in [5, 5.41) is 5.94. The Hall–Kier alpha value is -2.30. The minimum Gasteiger partial charge on any atom is -0.432 e. The number of aryl methyl sites for hydroxylation is 2. The van der Waals surface area contributed by atoms with Crippen LogP contribution in [0.4, 0.5) is 11.7 Å². The molecule has 1 aromatic carbocycles. The van der Waals surface area contributed by atoms with Crippen molar-refractivity contribution in [2.45, 2.75) is 27.2 Å². The Morgan fingerprint density at radius 2 is 2.15 bits per heavy atom. The van der Waals surface area contributed by atoms with Crippen molar-refractivity contribution in [3.8, 4) is 0 Å². The number of hydrogen-bond acceptors (Lipinski definition) is 4. The van der Waals surface area contributed by atoms with E-state index in [1.165, 1.54) is 6.26 Å². The van der Waals surface area contributed by atoms with Gasteiger partial charge in [0.25, 0.3) is 5.91 Å². The average molecular weight is 273 g/mol. The molecule has 0 fully saturated rings. The van der Waals surface area contributed by atoms with E-state index < -0.39 is 0 Å². The second-order valence-electron chi connectivity index (χ2n) is 4.70. The molecule has 0 atom stereocenters. The molecule has 1 aromatic heterocycles. The molecule has 0 bridgehead atoms. The fraction of sp³-hybridized carbons (Fsp3) is 0.333.